The SMILES string of the molecule is CCCc1cc(C)ccc1N1BCCO1. The van der Waals surface area contributed by atoms with Crippen molar-refractivity contribution in [1.29, 1.82) is 0 Å². The van der Waals surface area contributed by atoms with Crippen molar-refractivity contribution in [2.45, 2.75) is 33.0 Å². The van der Waals surface area contributed by atoms with Gasteiger partial charge in [-0.2, -0.15) is 0 Å². The van der Waals surface area contributed by atoms with Gasteiger partial charge >= 0.3 is 0 Å². The first-order chi connectivity index (χ1) is 7.31. The van der Waals surface area contributed by atoms with Crippen molar-refractivity contribution in [1.82, 2.24) is 0 Å². The minimum Gasteiger partial charge on any atom is -0.305 e. The monoisotopic (exact) mass is 203 g/mol. The quantitative estimate of drug-likeness (QED) is 0.699. The van der Waals surface area contributed by atoms with Gasteiger partial charge in [-0.1, -0.05) is 31.0 Å². The first-order valence-electron chi connectivity index (χ1n) is 5.81. The summed E-state index contributed by atoms with van der Waals surface area (Å²) in [4.78, 5) is 7.65. The van der Waals surface area contributed by atoms with Crippen molar-refractivity contribution < 1.29 is 4.84 Å². The maximum atomic E-state index is 5.60. The molecule has 2 nitrogen and oxygen atoms in total. The van der Waals surface area contributed by atoms with Crippen molar-refractivity contribution in [3.05, 3.63) is 29.3 Å². The van der Waals surface area contributed by atoms with E-state index in [9.17, 15) is 0 Å². The predicted molar refractivity (Wildman–Crippen MR) is 65.6 cm³/mol. The lowest BCUT2D eigenvalue weighted by atomic mass is 9.89. The molecule has 1 aromatic rings. The number of anilines is 1. The normalized spacial score (nSPS) is 15.5. The fraction of sp³-hybridized carbons (Fsp3) is 0.500. The summed E-state index contributed by atoms with van der Waals surface area (Å²) in [6.45, 7) is 5.23. The number of hydrogen-bond donors (Lipinski definition) is 0. The number of nitrogens with zero attached hydrogens (tertiary/aromatic N) is 1. The lowest BCUT2D eigenvalue weighted by molar-refractivity contribution is 0.185. The molecule has 0 saturated carbocycles. The molecule has 1 heterocycles. The average Bonchev–Trinajstić information content (AvgIpc) is 2.71. The molecular weight excluding hydrogens is 185 g/mol. The second-order valence-corrected chi connectivity index (χ2v) is 4.17. The zero-order chi connectivity index (χ0) is 10.7. The summed E-state index contributed by atoms with van der Waals surface area (Å²) in [6.07, 6.45) is 3.46. The van der Waals surface area contributed by atoms with Crippen LogP contribution in [-0.4, -0.2) is 14.0 Å². The third-order valence-electron chi connectivity index (χ3n) is 2.78. The summed E-state index contributed by atoms with van der Waals surface area (Å²) in [6, 6.07) is 6.63. The molecule has 1 aliphatic rings. The Kier molecular flexibility index (Phi) is 3.32. The van der Waals surface area contributed by atoms with Crippen molar-refractivity contribution in [3.63, 3.8) is 0 Å². The molecule has 2 rings (SSSR count). The van der Waals surface area contributed by atoms with Crippen LogP contribution in [0.4, 0.5) is 5.69 Å². The van der Waals surface area contributed by atoms with E-state index in [1.165, 1.54) is 23.2 Å². The van der Waals surface area contributed by atoms with Crippen LogP contribution < -0.4 is 4.97 Å². The van der Waals surface area contributed by atoms with Crippen molar-refractivity contribution in [2.24, 2.45) is 0 Å². The zero-order valence-corrected chi connectivity index (χ0v) is 9.62. The van der Waals surface area contributed by atoms with Gasteiger partial charge in [-0.05, 0) is 31.3 Å². The van der Waals surface area contributed by atoms with Gasteiger partial charge in [0.05, 0.1) is 12.3 Å². The average molecular weight is 203 g/mol. The predicted octanol–water partition coefficient (Wildman–Crippen LogP) is 2.47. The second kappa shape index (κ2) is 4.71. The highest BCUT2D eigenvalue weighted by atomic mass is 16.7. The number of rotatable bonds is 3. The van der Waals surface area contributed by atoms with E-state index in [4.69, 9.17) is 4.84 Å². The van der Waals surface area contributed by atoms with E-state index in [-0.39, 0.29) is 0 Å². The summed E-state index contributed by atoms with van der Waals surface area (Å²) in [5.41, 5.74) is 4.01. The van der Waals surface area contributed by atoms with Gasteiger partial charge in [0.2, 0.25) is 0 Å². The zero-order valence-electron chi connectivity index (χ0n) is 9.62. The van der Waals surface area contributed by atoms with E-state index in [0.29, 0.717) is 0 Å². The van der Waals surface area contributed by atoms with E-state index in [1.54, 1.807) is 0 Å². The van der Waals surface area contributed by atoms with Crippen molar-refractivity contribution >= 4 is 13.1 Å². The molecule has 0 spiro atoms. The van der Waals surface area contributed by atoms with Crippen LogP contribution in [0.15, 0.2) is 18.2 Å². The number of benzene rings is 1. The van der Waals surface area contributed by atoms with E-state index in [0.717, 1.165) is 26.8 Å². The topological polar surface area (TPSA) is 12.5 Å². The van der Waals surface area contributed by atoms with Gasteiger partial charge in [0.25, 0.3) is 7.41 Å². The fourth-order valence-corrected chi connectivity index (χ4v) is 2.06. The minimum atomic E-state index is 0.861. The maximum Gasteiger partial charge on any atom is 0.275 e. The van der Waals surface area contributed by atoms with Crippen LogP contribution >= 0.6 is 0 Å². The summed E-state index contributed by atoms with van der Waals surface area (Å²) in [5, 5.41) is 0. The van der Waals surface area contributed by atoms with E-state index >= 15 is 0 Å². The molecule has 1 fully saturated rings. The third-order valence-corrected chi connectivity index (χ3v) is 2.78. The van der Waals surface area contributed by atoms with Gasteiger partial charge in [0, 0.05) is 0 Å². The van der Waals surface area contributed by atoms with Gasteiger partial charge in [-0.15, -0.1) is 0 Å². The Balaban J connectivity index is 2.27. The van der Waals surface area contributed by atoms with Crippen LogP contribution in [0, 0.1) is 6.92 Å². The third kappa shape index (κ3) is 2.35. The van der Waals surface area contributed by atoms with Crippen LogP contribution in [0.3, 0.4) is 0 Å². The first-order valence-corrected chi connectivity index (χ1v) is 5.81. The van der Waals surface area contributed by atoms with E-state index in [2.05, 4.69) is 32.0 Å². The molecule has 0 unspecified atom stereocenters. The van der Waals surface area contributed by atoms with Crippen LogP contribution in [-0.2, 0) is 11.3 Å². The number of aryl methyl sites for hydroxylation is 2. The van der Waals surface area contributed by atoms with Crippen LogP contribution in [0.25, 0.3) is 0 Å². The largest absolute Gasteiger partial charge is 0.305 e. The molecule has 80 valence electrons. The molecule has 0 N–H and O–H groups in total. The molecule has 1 aliphatic heterocycles. The minimum absolute atomic E-state index is 0.861. The fourth-order valence-electron chi connectivity index (χ4n) is 2.06. The Labute approximate surface area is 92.5 Å². The summed E-state index contributed by atoms with van der Waals surface area (Å²) < 4.78 is 0. The van der Waals surface area contributed by atoms with Crippen molar-refractivity contribution in [3.8, 4) is 0 Å². The first kappa shape index (κ1) is 10.6. The highest BCUT2D eigenvalue weighted by Gasteiger charge is 2.17. The molecular formula is C12H18BNO. The smallest absolute Gasteiger partial charge is 0.275 e. The summed E-state index contributed by atoms with van der Waals surface area (Å²) in [7, 11) is 1.03. The molecule has 0 aromatic heterocycles. The van der Waals surface area contributed by atoms with Gasteiger partial charge < -0.3 is 4.97 Å². The Morgan fingerprint density at radius 1 is 1.47 bits per heavy atom. The van der Waals surface area contributed by atoms with E-state index in [1.807, 2.05) is 4.97 Å². The molecule has 1 aromatic carbocycles. The van der Waals surface area contributed by atoms with Gasteiger partial charge in [-0.3, -0.25) is 4.84 Å². The lowest BCUT2D eigenvalue weighted by Gasteiger charge is -2.20. The molecule has 0 radical (unpaired) electrons. The lowest BCUT2D eigenvalue weighted by Crippen LogP contribution is -2.20. The molecule has 3 heteroatoms. The summed E-state index contributed by atoms with van der Waals surface area (Å²) >= 11 is 0. The molecule has 0 atom stereocenters. The van der Waals surface area contributed by atoms with Crippen LogP contribution in [0.1, 0.15) is 24.5 Å². The Morgan fingerprint density at radius 3 is 3.00 bits per heavy atom. The standard InChI is InChI=1S/C12H18BNO/c1-3-4-11-9-10(2)5-6-12(11)14-13-7-8-15-14/h5-6,9,13H,3-4,7-8H2,1-2H3. The van der Waals surface area contributed by atoms with Gasteiger partial charge in [0.15, 0.2) is 0 Å². The molecule has 0 amide bonds. The molecule has 0 aliphatic carbocycles. The highest BCUT2D eigenvalue weighted by molar-refractivity contribution is 6.41. The molecule has 1 saturated heterocycles. The van der Waals surface area contributed by atoms with Crippen molar-refractivity contribution in [2.75, 3.05) is 11.6 Å². The maximum absolute atomic E-state index is 5.60. The van der Waals surface area contributed by atoms with E-state index < -0.39 is 0 Å². The summed E-state index contributed by atoms with van der Waals surface area (Å²) in [5.74, 6) is 0. The van der Waals surface area contributed by atoms with Gasteiger partial charge in [0.1, 0.15) is 0 Å². The van der Waals surface area contributed by atoms with Crippen LogP contribution in [0.2, 0.25) is 6.32 Å². The Morgan fingerprint density at radius 2 is 2.33 bits per heavy atom. The number of hydrogen-bond acceptors (Lipinski definition) is 2. The molecule has 15 heavy (non-hydrogen) atoms. The van der Waals surface area contributed by atoms with Gasteiger partial charge in [-0.25, -0.2) is 0 Å². The molecule has 0 bridgehead atoms. The Hall–Kier alpha value is -0.955. The second-order valence-electron chi connectivity index (χ2n) is 4.17. The van der Waals surface area contributed by atoms with Crippen LogP contribution in [0.5, 0.6) is 0 Å². The highest BCUT2D eigenvalue weighted by Crippen LogP contribution is 2.25. The Bertz CT molecular complexity index is 334.